The van der Waals surface area contributed by atoms with Crippen molar-refractivity contribution in [3.63, 3.8) is 0 Å². The molecule has 0 aliphatic rings. The smallest absolute Gasteiger partial charge is 0.313 e. The molecule has 4 heteroatoms. The maximum absolute atomic E-state index is 3.74. The topological polar surface area (TPSA) is 36.1 Å². The molecule has 0 aromatic carbocycles. The van der Waals surface area contributed by atoms with Gasteiger partial charge in [-0.1, -0.05) is 78.6 Å². The van der Waals surface area contributed by atoms with Crippen molar-refractivity contribution < 1.29 is 0 Å². The van der Waals surface area contributed by atoms with Crippen LogP contribution in [0.5, 0.6) is 0 Å². The lowest BCUT2D eigenvalue weighted by atomic mass is 10.2. The molecule has 3 nitrogen and oxygen atoms in total. The summed E-state index contributed by atoms with van der Waals surface area (Å²) < 4.78 is 0. The second kappa shape index (κ2) is 19.1. The Morgan fingerprint density at radius 3 is 1.05 bits per heavy atom. The first-order chi connectivity index (χ1) is 10.8. The summed E-state index contributed by atoms with van der Waals surface area (Å²) in [5.74, 6) is 0. The standard InChI is InChI=1S/C18H42N3Si/c1-4-7-10-13-16-19-22(20-17-14-11-8-5-2)21-18-15-12-9-6-3/h19-21H,4-18H2,1-3H3. The molecule has 0 aliphatic carbocycles. The lowest BCUT2D eigenvalue weighted by molar-refractivity contribution is 0.618. The monoisotopic (exact) mass is 328 g/mol. The molecule has 0 aliphatic heterocycles. The summed E-state index contributed by atoms with van der Waals surface area (Å²) >= 11 is 0. The third kappa shape index (κ3) is 16.5. The summed E-state index contributed by atoms with van der Waals surface area (Å²) in [6.07, 6.45) is 16.1. The molecule has 3 N–H and O–H groups in total. The first-order valence-electron chi connectivity index (χ1n) is 9.93. The van der Waals surface area contributed by atoms with Crippen molar-refractivity contribution in [1.82, 2.24) is 14.9 Å². The zero-order valence-electron chi connectivity index (χ0n) is 15.6. The number of rotatable bonds is 18. The number of hydrogen-bond donors (Lipinski definition) is 3. The van der Waals surface area contributed by atoms with E-state index in [0.717, 1.165) is 19.6 Å². The minimum Gasteiger partial charge on any atom is -0.313 e. The van der Waals surface area contributed by atoms with E-state index in [1.165, 1.54) is 77.0 Å². The summed E-state index contributed by atoms with van der Waals surface area (Å²) in [6.45, 7) is 10.3. The van der Waals surface area contributed by atoms with E-state index in [-0.39, 0.29) is 0 Å². The van der Waals surface area contributed by atoms with Crippen molar-refractivity contribution >= 4 is 9.28 Å². The van der Waals surface area contributed by atoms with Crippen molar-refractivity contribution in [2.24, 2.45) is 0 Å². The highest BCUT2D eigenvalue weighted by atomic mass is 28.3. The molecule has 0 heterocycles. The fourth-order valence-corrected chi connectivity index (χ4v) is 4.14. The van der Waals surface area contributed by atoms with E-state index in [1.807, 2.05) is 0 Å². The average molecular weight is 329 g/mol. The van der Waals surface area contributed by atoms with Gasteiger partial charge in [-0.2, -0.15) is 0 Å². The Morgan fingerprint density at radius 2 is 0.773 bits per heavy atom. The molecule has 0 spiro atoms. The predicted molar refractivity (Wildman–Crippen MR) is 102 cm³/mol. The molecule has 0 saturated heterocycles. The normalized spacial score (nSPS) is 11.5. The van der Waals surface area contributed by atoms with Crippen LogP contribution in [0, 0.1) is 0 Å². The summed E-state index contributed by atoms with van der Waals surface area (Å²) in [5, 5.41) is 0. The van der Waals surface area contributed by atoms with Crippen LogP contribution in [0.3, 0.4) is 0 Å². The maximum Gasteiger partial charge on any atom is 0.319 e. The van der Waals surface area contributed by atoms with Gasteiger partial charge in [0.25, 0.3) is 0 Å². The summed E-state index contributed by atoms with van der Waals surface area (Å²) in [4.78, 5) is 11.2. The van der Waals surface area contributed by atoms with Gasteiger partial charge in [0.1, 0.15) is 0 Å². The molecule has 0 aromatic heterocycles. The van der Waals surface area contributed by atoms with Gasteiger partial charge in [0.05, 0.1) is 0 Å². The van der Waals surface area contributed by atoms with Gasteiger partial charge in [-0.15, -0.1) is 0 Å². The Bertz CT molecular complexity index is 169. The largest absolute Gasteiger partial charge is 0.319 e. The Hall–Kier alpha value is 0.0969. The lowest BCUT2D eigenvalue weighted by Crippen LogP contribution is -2.58. The minimum atomic E-state index is -0.756. The van der Waals surface area contributed by atoms with Crippen LogP contribution < -0.4 is 14.9 Å². The lowest BCUT2D eigenvalue weighted by Gasteiger charge is -2.18. The molecule has 133 valence electrons. The van der Waals surface area contributed by atoms with Crippen LogP contribution in [0.15, 0.2) is 0 Å². The third-order valence-electron chi connectivity index (χ3n) is 4.00. The van der Waals surface area contributed by atoms with Crippen molar-refractivity contribution in [2.75, 3.05) is 19.6 Å². The Morgan fingerprint density at radius 1 is 0.455 bits per heavy atom. The molecule has 0 unspecified atom stereocenters. The molecule has 0 amide bonds. The van der Waals surface area contributed by atoms with Crippen molar-refractivity contribution in [1.29, 1.82) is 0 Å². The fourth-order valence-electron chi connectivity index (χ4n) is 2.48. The molecular formula is C18H42N3Si. The summed E-state index contributed by atoms with van der Waals surface area (Å²) in [6, 6.07) is 0. The Balaban J connectivity index is 3.72. The summed E-state index contributed by atoms with van der Waals surface area (Å²) in [5.41, 5.74) is 0. The first kappa shape index (κ1) is 22.1. The Labute approximate surface area is 142 Å². The molecular weight excluding hydrogens is 286 g/mol. The second-order valence-electron chi connectivity index (χ2n) is 6.34. The van der Waals surface area contributed by atoms with Crippen LogP contribution in [0.25, 0.3) is 0 Å². The number of nitrogens with one attached hydrogen (secondary N) is 3. The van der Waals surface area contributed by atoms with E-state index in [2.05, 4.69) is 35.7 Å². The fraction of sp³-hybridized carbons (Fsp3) is 1.00. The van der Waals surface area contributed by atoms with Crippen LogP contribution in [0.1, 0.15) is 97.8 Å². The van der Waals surface area contributed by atoms with Crippen LogP contribution in [0.2, 0.25) is 0 Å². The highest BCUT2D eigenvalue weighted by Crippen LogP contribution is 1.99. The molecule has 1 radical (unpaired) electrons. The quantitative estimate of drug-likeness (QED) is 0.256. The van der Waals surface area contributed by atoms with Gasteiger partial charge in [-0.05, 0) is 38.9 Å². The average Bonchev–Trinajstić information content (AvgIpc) is 2.53. The molecule has 0 atom stereocenters. The molecule has 0 saturated carbocycles. The molecule has 0 rings (SSSR count). The molecule has 0 aromatic rings. The van der Waals surface area contributed by atoms with Gasteiger partial charge in [-0.25, -0.2) is 0 Å². The molecule has 0 bridgehead atoms. The summed E-state index contributed by atoms with van der Waals surface area (Å²) in [7, 11) is -0.756. The zero-order valence-corrected chi connectivity index (χ0v) is 16.6. The molecule has 22 heavy (non-hydrogen) atoms. The maximum atomic E-state index is 3.74. The highest BCUT2D eigenvalue weighted by Gasteiger charge is 2.10. The van der Waals surface area contributed by atoms with Gasteiger partial charge in [-0.3, -0.25) is 0 Å². The van der Waals surface area contributed by atoms with E-state index in [1.54, 1.807) is 0 Å². The van der Waals surface area contributed by atoms with E-state index in [0.29, 0.717) is 0 Å². The van der Waals surface area contributed by atoms with Crippen molar-refractivity contribution in [2.45, 2.75) is 97.8 Å². The minimum absolute atomic E-state index is 0.756. The van der Waals surface area contributed by atoms with Crippen LogP contribution >= 0.6 is 0 Å². The van der Waals surface area contributed by atoms with Crippen molar-refractivity contribution in [3.8, 4) is 0 Å². The van der Waals surface area contributed by atoms with E-state index in [9.17, 15) is 0 Å². The van der Waals surface area contributed by atoms with E-state index in [4.69, 9.17) is 0 Å². The zero-order chi connectivity index (χ0) is 16.3. The Kier molecular flexibility index (Phi) is 19.2. The number of unbranched alkanes of at least 4 members (excludes halogenated alkanes) is 9. The van der Waals surface area contributed by atoms with Gasteiger partial charge < -0.3 is 14.9 Å². The van der Waals surface area contributed by atoms with E-state index >= 15 is 0 Å². The highest BCUT2D eigenvalue weighted by molar-refractivity contribution is 6.50. The SMILES string of the molecule is CCCCCCN[Si](NCCCCCC)NCCCCCC. The predicted octanol–water partition coefficient (Wildman–Crippen LogP) is 4.48. The second-order valence-corrected chi connectivity index (χ2v) is 8.15. The van der Waals surface area contributed by atoms with Crippen LogP contribution in [-0.4, -0.2) is 28.9 Å². The van der Waals surface area contributed by atoms with Crippen LogP contribution in [-0.2, 0) is 0 Å². The van der Waals surface area contributed by atoms with Crippen molar-refractivity contribution in [3.05, 3.63) is 0 Å². The molecule has 0 fully saturated rings. The van der Waals surface area contributed by atoms with Gasteiger partial charge >= 0.3 is 9.28 Å². The third-order valence-corrected chi connectivity index (χ3v) is 5.81. The number of hydrogen-bond acceptors (Lipinski definition) is 3. The van der Waals surface area contributed by atoms with E-state index < -0.39 is 9.28 Å². The van der Waals surface area contributed by atoms with Gasteiger partial charge in [0.2, 0.25) is 0 Å². The van der Waals surface area contributed by atoms with Crippen LogP contribution in [0.4, 0.5) is 0 Å². The first-order valence-corrected chi connectivity index (χ1v) is 11.4. The van der Waals surface area contributed by atoms with Gasteiger partial charge in [0.15, 0.2) is 0 Å². The van der Waals surface area contributed by atoms with Gasteiger partial charge in [0, 0.05) is 0 Å².